The minimum Gasteiger partial charge on any atom is -0.480 e. The summed E-state index contributed by atoms with van der Waals surface area (Å²) in [5.41, 5.74) is 0. The van der Waals surface area contributed by atoms with Gasteiger partial charge in [-0.1, -0.05) is 0 Å². The number of hydrogen-bond acceptors (Lipinski definition) is 3. The maximum Gasteiger partial charge on any atom is 0.323 e. The molecule has 0 radical (unpaired) electrons. The Labute approximate surface area is 89.8 Å². The molecular formula is C9H19N3O3. The van der Waals surface area contributed by atoms with Gasteiger partial charge in [0.15, 0.2) is 0 Å². The van der Waals surface area contributed by atoms with Crippen LogP contribution in [-0.4, -0.2) is 67.7 Å². The average Bonchev–Trinajstić information content (AvgIpc) is 2.10. The number of nitrogens with one attached hydrogen (secondary N) is 1. The Balaban J connectivity index is 3.60. The fourth-order valence-electron chi connectivity index (χ4n) is 1.00. The smallest absolute Gasteiger partial charge is 0.323 e. The summed E-state index contributed by atoms with van der Waals surface area (Å²) >= 11 is 0. The summed E-state index contributed by atoms with van der Waals surface area (Å²) < 4.78 is 0. The van der Waals surface area contributed by atoms with Crippen molar-refractivity contribution in [3.63, 3.8) is 0 Å². The predicted octanol–water partition coefficient (Wildman–Crippen LogP) is -0.336. The molecule has 0 aliphatic carbocycles. The van der Waals surface area contributed by atoms with Gasteiger partial charge in [0, 0.05) is 13.6 Å². The molecular weight excluding hydrogens is 198 g/mol. The lowest BCUT2D eigenvalue weighted by Crippen LogP contribution is -2.40. The van der Waals surface area contributed by atoms with E-state index < -0.39 is 5.97 Å². The zero-order valence-electron chi connectivity index (χ0n) is 9.49. The van der Waals surface area contributed by atoms with Crippen molar-refractivity contribution in [1.82, 2.24) is 15.1 Å². The molecule has 0 aromatic heterocycles. The van der Waals surface area contributed by atoms with Gasteiger partial charge in [0.2, 0.25) is 0 Å². The molecule has 15 heavy (non-hydrogen) atoms. The summed E-state index contributed by atoms with van der Waals surface area (Å²) in [6.07, 6.45) is 0.847. The lowest BCUT2D eigenvalue weighted by atomic mass is 10.4. The topological polar surface area (TPSA) is 72.9 Å². The second-order valence-electron chi connectivity index (χ2n) is 3.64. The van der Waals surface area contributed by atoms with E-state index >= 15 is 0 Å². The Morgan fingerprint density at radius 3 is 2.33 bits per heavy atom. The first-order chi connectivity index (χ1) is 6.93. The number of carboxylic acids is 1. The maximum absolute atomic E-state index is 11.3. The van der Waals surface area contributed by atoms with Crippen LogP contribution in [-0.2, 0) is 4.79 Å². The van der Waals surface area contributed by atoms with E-state index in [4.69, 9.17) is 5.11 Å². The van der Waals surface area contributed by atoms with Crippen LogP contribution in [0.25, 0.3) is 0 Å². The summed E-state index contributed by atoms with van der Waals surface area (Å²) in [7, 11) is 5.37. The fourth-order valence-corrected chi connectivity index (χ4v) is 1.00. The van der Waals surface area contributed by atoms with E-state index in [1.807, 2.05) is 19.0 Å². The Bertz CT molecular complexity index is 219. The average molecular weight is 217 g/mol. The highest BCUT2D eigenvalue weighted by molar-refractivity contribution is 5.79. The third-order valence-electron chi connectivity index (χ3n) is 1.78. The number of nitrogens with zero attached hydrogens (tertiary/aromatic N) is 2. The Hall–Kier alpha value is -1.30. The number of amides is 2. The molecule has 0 unspecified atom stereocenters. The lowest BCUT2D eigenvalue weighted by Gasteiger charge is -2.16. The Morgan fingerprint density at radius 1 is 1.27 bits per heavy atom. The normalized spacial score (nSPS) is 10.1. The molecule has 2 N–H and O–H groups in total. The Morgan fingerprint density at radius 2 is 1.87 bits per heavy atom. The van der Waals surface area contributed by atoms with Crippen LogP contribution in [0.1, 0.15) is 6.42 Å². The maximum atomic E-state index is 11.3. The molecule has 0 spiro atoms. The third kappa shape index (κ3) is 7.75. The van der Waals surface area contributed by atoms with E-state index in [-0.39, 0.29) is 12.6 Å². The van der Waals surface area contributed by atoms with E-state index in [0.717, 1.165) is 17.9 Å². The molecule has 0 heterocycles. The highest BCUT2D eigenvalue weighted by atomic mass is 16.4. The van der Waals surface area contributed by atoms with Crippen LogP contribution in [0.15, 0.2) is 0 Å². The molecule has 0 atom stereocenters. The predicted molar refractivity (Wildman–Crippen MR) is 56.8 cm³/mol. The van der Waals surface area contributed by atoms with Gasteiger partial charge in [-0.05, 0) is 27.1 Å². The second kappa shape index (κ2) is 7.05. The van der Waals surface area contributed by atoms with Crippen LogP contribution in [0.5, 0.6) is 0 Å². The first kappa shape index (κ1) is 13.7. The largest absolute Gasteiger partial charge is 0.480 e. The van der Waals surface area contributed by atoms with E-state index in [9.17, 15) is 9.59 Å². The van der Waals surface area contributed by atoms with Gasteiger partial charge < -0.3 is 20.2 Å². The molecule has 0 aliphatic heterocycles. The van der Waals surface area contributed by atoms with Gasteiger partial charge in [0.25, 0.3) is 0 Å². The van der Waals surface area contributed by atoms with Crippen LogP contribution in [0.2, 0.25) is 0 Å². The van der Waals surface area contributed by atoms with Crippen LogP contribution in [0.3, 0.4) is 0 Å². The van der Waals surface area contributed by atoms with E-state index in [2.05, 4.69) is 5.32 Å². The van der Waals surface area contributed by atoms with Crippen molar-refractivity contribution >= 4 is 12.0 Å². The summed E-state index contributed by atoms with van der Waals surface area (Å²) in [6.45, 7) is 1.17. The molecule has 0 saturated carbocycles. The highest BCUT2D eigenvalue weighted by Crippen LogP contribution is 1.86. The number of hydrogen-bond donors (Lipinski definition) is 2. The zero-order valence-corrected chi connectivity index (χ0v) is 9.49. The molecule has 0 fully saturated rings. The number of carbonyl (C=O) groups excluding carboxylic acids is 1. The van der Waals surface area contributed by atoms with Crippen molar-refractivity contribution in [3.05, 3.63) is 0 Å². The van der Waals surface area contributed by atoms with Crippen LogP contribution in [0.4, 0.5) is 4.79 Å². The van der Waals surface area contributed by atoms with Crippen molar-refractivity contribution in [1.29, 1.82) is 0 Å². The molecule has 0 aliphatic rings. The molecule has 0 rings (SSSR count). The quantitative estimate of drug-likeness (QED) is 0.597. The lowest BCUT2D eigenvalue weighted by molar-refractivity contribution is -0.137. The van der Waals surface area contributed by atoms with Gasteiger partial charge in [-0.2, -0.15) is 0 Å². The number of rotatable bonds is 6. The molecule has 0 bridgehead atoms. The van der Waals surface area contributed by atoms with Crippen LogP contribution >= 0.6 is 0 Å². The van der Waals surface area contributed by atoms with E-state index in [1.54, 1.807) is 0 Å². The molecule has 0 aromatic rings. The Kier molecular flexibility index (Phi) is 6.44. The van der Waals surface area contributed by atoms with Crippen molar-refractivity contribution in [2.45, 2.75) is 6.42 Å². The molecule has 0 aromatic carbocycles. The van der Waals surface area contributed by atoms with Gasteiger partial charge in [0.1, 0.15) is 6.54 Å². The molecule has 0 saturated heterocycles. The molecule has 88 valence electrons. The third-order valence-corrected chi connectivity index (χ3v) is 1.78. The minimum atomic E-state index is -1.01. The summed E-state index contributed by atoms with van der Waals surface area (Å²) in [5, 5.41) is 11.1. The number of carbonyl (C=O) groups is 2. The standard InChI is InChI=1S/C9H19N3O3/c1-11(2)6-4-5-10-9(15)12(3)7-8(13)14/h4-7H2,1-3H3,(H,10,15)(H,13,14). The van der Waals surface area contributed by atoms with E-state index in [0.29, 0.717) is 6.54 Å². The first-order valence-electron chi connectivity index (χ1n) is 4.79. The number of aliphatic carboxylic acids is 1. The monoisotopic (exact) mass is 217 g/mol. The van der Waals surface area contributed by atoms with Gasteiger partial charge >= 0.3 is 12.0 Å². The van der Waals surface area contributed by atoms with Crippen molar-refractivity contribution < 1.29 is 14.7 Å². The van der Waals surface area contributed by atoms with Crippen LogP contribution in [0, 0.1) is 0 Å². The fraction of sp³-hybridized carbons (Fsp3) is 0.778. The summed E-state index contributed by atoms with van der Waals surface area (Å²) in [4.78, 5) is 24.7. The van der Waals surface area contributed by atoms with Crippen molar-refractivity contribution in [2.75, 3.05) is 40.8 Å². The second-order valence-corrected chi connectivity index (χ2v) is 3.64. The number of likely N-dealkylation sites (N-methyl/N-ethyl adjacent to an activating group) is 1. The molecule has 2 amide bonds. The van der Waals surface area contributed by atoms with Gasteiger partial charge in [-0.3, -0.25) is 4.79 Å². The van der Waals surface area contributed by atoms with Gasteiger partial charge in [-0.25, -0.2) is 4.79 Å². The summed E-state index contributed by atoms with van der Waals surface area (Å²) in [6, 6.07) is -0.351. The summed E-state index contributed by atoms with van der Waals surface area (Å²) in [5.74, 6) is -1.01. The SMILES string of the molecule is CN(C)CCCNC(=O)N(C)CC(=O)O. The van der Waals surface area contributed by atoms with E-state index in [1.165, 1.54) is 7.05 Å². The minimum absolute atomic E-state index is 0.278. The van der Waals surface area contributed by atoms with Gasteiger partial charge in [0.05, 0.1) is 0 Å². The number of carboxylic acid groups (broad SMARTS) is 1. The van der Waals surface area contributed by atoms with Crippen molar-refractivity contribution in [2.24, 2.45) is 0 Å². The van der Waals surface area contributed by atoms with Crippen LogP contribution < -0.4 is 5.32 Å². The number of urea groups is 1. The molecule has 6 nitrogen and oxygen atoms in total. The van der Waals surface area contributed by atoms with Crippen molar-refractivity contribution in [3.8, 4) is 0 Å². The first-order valence-corrected chi connectivity index (χ1v) is 4.79. The molecule has 6 heteroatoms. The zero-order chi connectivity index (χ0) is 11.8. The highest BCUT2D eigenvalue weighted by Gasteiger charge is 2.10. The van der Waals surface area contributed by atoms with Gasteiger partial charge in [-0.15, -0.1) is 0 Å².